The Morgan fingerprint density at radius 3 is 2.45 bits per heavy atom. The minimum atomic E-state index is -1.23. The number of amides is 5. The fraction of sp³-hybridized carbons (Fsp3) is 0.516. The summed E-state index contributed by atoms with van der Waals surface area (Å²) in [5.41, 5.74) is -0.0421. The molecule has 4 rings (SSSR count). The Kier molecular flexibility index (Phi) is 11.9. The van der Waals surface area contributed by atoms with Crippen molar-refractivity contribution in [2.45, 2.75) is 51.6 Å². The predicted octanol–water partition coefficient (Wildman–Crippen LogP) is 1.14. The van der Waals surface area contributed by atoms with Crippen LogP contribution in [0.4, 0.5) is 9.18 Å². The number of carboxylic acids is 1. The van der Waals surface area contributed by atoms with Crippen LogP contribution in [0.1, 0.15) is 50.0 Å². The van der Waals surface area contributed by atoms with Gasteiger partial charge in [-0.05, 0) is 51.3 Å². The second kappa shape index (κ2) is 16.0. The number of aliphatic carboxylic acids is 1. The molecule has 2 aliphatic rings. The summed E-state index contributed by atoms with van der Waals surface area (Å²) in [6.45, 7) is 4.67. The lowest BCUT2D eigenvalue weighted by Gasteiger charge is -2.35. The average molecular weight is 659 g/mol. The molecule has 2 fully saturated rings. The molecule has 0 spiro atoms. The van der Waals surface area contributed by atoms with E-state index in [1.165, 1.54) is 26.8 Å². The van der Waals surface area contributed by atoms with Crippen LogP contribution in [0.25, 0.3) is 10.9 Å². The monoisotopic (exact) mass is 658 g/mol. The number of carboxylic acid groups (broad SMARTS) is 1. The number of piperazine rings is 1. The van der Waals surface area contributed by atoms with Crippen LogP contribution in [0.3, 0.4) is 0 Å². The molecule has 0 aliphatic carbocycles. The number of carbonyl (C=O) groups excluding carboxylic acids is 5. The van der Waals surface area contributed by atoms with Gasteiger partial charge in [0.05, 0.1) is 12.1 Å². The maximum absolute atomic E-state index is 14.2. The number of aromatic nitrogens is 1. The number of ether oxygens (including phenoxy) is 2. The van der Waals surface area contributed by atoms with Crippen LogP contribution >= 0.6 is 0 Å². The van der Waals surface area contributed by atoms with Crippen LogP contribution in [0, 0.1) is 5.82 Å². The first-order valence-electron chi connectivity index (χ1n) is 15.6. The maximum Gasteiger partial charge on any atom is 0.409 e. The number of hydrogen-bond donors (Lipinski definition) is 3. The van der Waals surface area contributed by atoms with Gasteiger partial charge >= 0.3 is 12.1 Å². The number of carbonyl (C=O) groups is 6. The van der Waals surface area contributed by atoms with Gasteiger partial charge in [-0.25, -0.2) is 14.2 Å². The van der Waals surface area contributed by atoms with Crippen molar-refractivity contribution in [2.24, 2.45) is 0 Å². The van der Waals surface area contributed by atoms with E-state index >= 15 is 0 Å². The molecule has 2 atom stereocenters. The van der Waals surface area contributed by atoms with E-state index in [-0.39, 0.29) is 67.5 Å². The number of halogens is 1. The summed E-state index contributed by atoms with van der Waals surface area (Å²) in [7, 11) is 0. The van der Waals surface area contributed by atoms with E-state index in [9.17, 15) is 38.3 Å². The zero-order valence-electron chi connectivity index (χ0n) is 26.3. The molecule has 47 heavy (non-hydrogen) atoms. The van der Waals surface area contributed by atoms with E-state index in [1.807, 2.05) is 0 Å². The number of nitrogens with zero attached hydrogens (tertiary/aromatic N) is 4. The molecule has 3 heterocycles. The third-order valence-electron chi connectivity index (χ3n) is 7.91. The van der Waals surface area contributed by atoms with E-state index in [4.69, 9.17) is 9.47 Å². The van der Waals surface area contributed by atoms with Gasteiger partial charge in [-0.1, -0.05) is 0 Å². The number of benzene rings is 1. The Labute approximate surface area is 270 Å². The highest BCUT2D eigenvalue weighted by atomic mass is 19.1. The van der Waals surface area contributed by atoms with E-state index in [0.29, 0.717) is 25.9 Å². The molecule has 1 aromatic heterocycles. The molecule has 5 amide bonds. The molecule has 0 saturated carbocycles. The van der Waals surface area contributed by atoms with Gasteiger partial charge in [-0.15, -0.1) is 0 Å². The summed E-state index contributed by atoms with van der Waals surface area (Å²) in [6.07, 6.45) is 0.0310. The molecule has 0 bridgehead atoms. The van der Waals surface area contributed by atoms with Gasteiger partial charge in [0.15, 0.2) is 6.61 Å². The fourth-order valence-electron chi connectivity index (χ4n) is 5.56. The van der Waals surface area contributed by atoms with Crippen molar-refractivity contribution in [2.75, 3.05) is 52.5 Å². The standard InChI is InChI=1S/C31H39FN6O9/c1-3-33-29(43)24-6-5-11-38(24)26(39)18-47-25-17-23(34-21-8-7-19(32)16-20(21)25)28(42)35-22(9-10-27(40)41)30(44)36-12-14-37(15-13-36)31(45)46-4-2/h7-8,16-17,22,24H,3-6,9-15,18H2,1-2H3,(H,33,43)(H,35,42)(H,40,41). The van der Waals surface area contributed by atoms with E-state index in [1.54, 1.807) is 13.8 Å². The minimum absolute atomic E-state index is 0.0229. The van der Waals surface area contributed by atoms with Crippen LogP contribution in [-0.2, 0) is 23.9 Å². The highest BCUT2D eigenvalue weighted by Gasteiger charge is 2.34. The van der Waals surface area contributed by atoms with Gasteiger partial charge in [-0.2, -0.15) is 0 Å². The van der Waals surface area contributed by atoms with Gasteiger partial charge in [-0.3, -0.25) is 24.0 Å². The van der Waals surface area contributed by atoms with Crippen molar-refractivity contribution < 1.29 is 47.7 Å². The first kappa shape index (κ1) is 34.8. The van der Waals surface area contributed by atoms with E-state index in [0.717, 1.165) is 12.1 Å². The molecule has 16 heteroatoms. The van der Waals surface area contributed by atoms with Crippen molar-refractivity contribution in [3.63, 3.8) is 0 Å². The summed E-state index contributed by atoms with van der Waals surface area (Å²) in [5, 5.41) is 14.8. The Morgan fingerprint density at radius 2 is 1.77 bits per heavy atom. The summed E-state index contributed by atoms with van der Waals surface area (Å²) in [4.78, 5) is 84.5. The number of fused-ring (bicyclic) bond motifs is 1. The molecule has 2 unspecified atom stereocenters. The zero-order chi connectivity index (χ0) is 34.1. The van der Waals surface area contributed by atoms with Crippen molar-refractivity contribution in [3.05, 3.63) is 35.8 Å². The van der Waals surface area contributed by atoms with Crippen LogP contribution in [0.15, 0.2) is 24.3 Å². The fourth-order valence-corrected chi connectivity index (χ4v) is 5.56. The SMILES string of the molecule is CCNC(=O)C1CCCN1C(=O)COc1cc(C(=O)NC(CCC(=O)O)C(=O)N2CCN(C(=O)OCC)CC2)nc2ccc(F)cc12. The first-order valence-corrected chi connectivity index (χ1v) is 15.6. The number of hydrogen-bond acceptors (Lipinski definition) is 9. The van der Waals surface area contributed by atoms with E-state index < -0.39 is 60.7 Å². The Bertz CT molecular complexity index is 1510. The lowest BCUT2D eigenvalue weighted by molar-refractivity contribution is -0.139. The predicted molar refractivity (Wildman–Crippen MR) is 164 cm³/mol. The molecular weight excluding hydrogens is 619 g/mol. The first-order chi connectivity index (χ1) is 22.5. The van der Waals surface area contributed by atoms with Crippen LogP contribution in [0.5, 0.6) is 5.75 Å². The van der Waals surface area contributed by atoms with Gasteiger partial charge < -0.3 is 39.9 Å². The quantitative estimate of drug-likeness (QED) is 0.299. The molecule has 2 aromatic rings. The summed E-state index contributed by atoms with van der Waals surface area (Å²) in [5.74, 6) is -3.87. The topological polar surface area (TPSA) is 188 Å². The van der Waals surface area contributed by atoms with Gasteiger partial charge in [0.1, 0.15) is 29.3 Å². The molecule has 1 aromatic carbocycles. The second-order valence-electron chi connectivity index (χ2n) is 11.1. The van der Waals surface area contributed by atoms with Gasteiger partial charge in [0.2, 0.25) is 11.8 Å². The number of pyridine rings is 1. The summed E-state index contributed by atoms with van der Waals surface area (Å²) in [6, 6.07) is 2.97. The number of rotatable bonds is 12. The molecule has 2 saturated heterocycles. The van der Waals surface area contributed by atoms with E-state index in [2.05, 4.69) is 15.6 Å². The second-order valence-corrected chi connectivity index (χ2v) is 11.1. The largest absolute Gasteiger partial charge is 0.483 e. The number of likely N-dealkylation sites (tertiary alicyclic amines) is 1. The van der Waals surface area contributed by atoms with Crippen LogP contribution < -0.4 is 15.4 Å². The Hall–Kier alpha value is -5.02. The average Bonchev–Trinajstić information content (AvgIpc) is 3.56. The molecular formula is C31H39FN6O9. The van der Waals surface area contributed by atoms with Gasteiger partial charge in [0.25, 0.3) is 11.8 Å². The maximum atomic E-state index is 14.2. The highest BCUT2D eigenvalue weighted by Crippen LogP contribution is 2.27. The lowest BCUT2D eigenvalue weighted by Crippen LogP contribution is -2.56. The highest BCUT2D eigenvalue weighted by molar-refractivity contribution is 5.99. The molecule has 2 aliphatic heterocycles. The smallest absolute Gasteiger partial charge is 0.409 e. The molecule has 15 nitrogen and oxygen atoms in total. The third kappa shape index (κ3) is 8.83. The lowest BCUT2D eigenvalue weighted by atomic mass is 10.1. The third-order valence-corrected chi connectivity index (χ3v) is 7.91. The zero-order valence-corrected chi connectivity index (χ0v) is 26.3. The summed E-state index contributed by atoms with van der Waals surface area (Å²) >= 11 is 0. The molecule has 254 valence electrons. The minimum Gasteiger partial charge on any atom is -0.483 e. The molecule has 3 N–H and O–H groups in total. The number of likely N-dealkylation sites (N-methyl/N-ethyl adjacent to an activating group) is 1. The summed E-state index contributed by atoms with van der Waals surface area (Å²) < 4.78 is 25.0. The van der Waals surface area contributed by atoms with Crippen LogP contribution in [0.2, 0.25) is 0 Å². The molecule has 0 radical (unpaired) electrons. The van der Waals surface area contributed by atoms with Gasteiger partial charge in [0, 0.05) is 57.1 Å². The normalized spacial score (nSPS) is 16.8. The Balaban J connectivity index is 1.51. The van der Waals surface area contributed by atoms with Crippen molar-refractivity contribution in [3.8, 4) is 5.75 Å². The van der Waals surface area contributed by atoms with Crippen molar-refractivity contribution in [1.82, 2.24) is 30.3 Å². The van der Waals surface area contributed by atoms with Crippen molar-refractivity contribution in [1.29, 1.82) is 0 Å². The van der Waals surface area contributed by atoms with Crippen molar-refractivity contribution >= 4 is 46.6 Å². The van der Waals surface area contributed by atoms with Crippen LogP contribution in [-0.4, -0.2) is 125 Å². The Morgan fingerprint density at radius 1 is 1.04 bits per heavy atom. The number of nitrogens with one attached hydrogen (secondary N) is 2.